The van der Waals surface area contributed by atoms with Crippen molar-refractivity contribution in [3.8, 4) is 11.6 Å². The minimum absolute atomic E-state index is 0.119. The Hall–Kier alpha value is -2.42. The largest absolute Gasteiger partial charge is 0.497 e. The van der Waals surface area contributed by atoms with Crippen molar-refractivity contribution in [2.75, 3.05) is 7.11 Å². The van der Waals surface area contributed by atoms with Crippen molar-refractivity contribution >= 4 is 0 Å². The molecule has 0 aliphatic carbocycles. The summed E-state index contributed by atoms with van der Waals surface area (Å²) >= 11 is 0. The number of hydrogen-bond donors (Lipinski definition) is 2. The van der Waals surface area contributed by atoms with E-state index in [9.17, 15) is 15.0 Å². The molecule has 2 heterocycles. The highest BCUT2D eigenvalue weighted by Gasteiger charge is 2.34. The zero-order chi connectivity index (χ0) is 18.0. The molecular formula is C17H20N2O6. The molecule has 0 amide bonds. The lowest BCUT2D eigenvalue weighted by molar-refractivity contribution is -0.142. The van der Waals surface area contributed by atoms with Gasteiger partial charge in [0, 0.05) is 18.2 Å². The first-order chi connectivity index (χ1) is 12.0. The quantitative estimate of drug-likeness (QED) is 0.821. The lowest BCUT2D eigenvalue weighted by Crippen LogP contribution is -2.28. The Morgan fingerprint density at radius 2 is 2.04 bits per heavy atom. The molecule has 1 aliphatic rings. The van der Waals surface area contributed by atoms with Crippen LogP contribution in [0.5, 0.6) is 11.6 Å². The average Bonchev–Trinajstić information content (AvgIpc) is 2.94. The molecule has 8 nitrogen and oxygen atoms in total. The van der Waals surface area contributed by atoms with E-state index >= 15 is 0 Å². The standard InChI is InChI=1S/C17H20N2O6/c1-10-8-19(14-7-13(20)16(21)25-14)17(22)18-15(10)24-9-11-3-5-12(23-2)6-4-11/h3-6,8,13-14,16,20-21H,7,9H2,1-2H3. The topological polar surface area (TPSA) is 103 Å². The van der Waals surface area contributed by atoms with Crippen molar-refractivity contribution < 1.29 is 24.4 Å². The smallest absolute Gasteiger partial charge is 0.352 e. The first kappa shape index (κ1) is 17.4. The van der Waals surface area contributed by atoms with Crippen LogP contribution in [0.15, 0.2) is 35.3 Å². The van der Waals surface area contributed by atoms with Crippen LogP contribution in [-0.4, -0.2) is 39.3 Å². The molecule has 1 aromatic heterocycles. The van der Waals surface area contributed by atoms with Gasteiger partial charge in [0.05, 0.1) is 7.11 Å². The van der Waals surface area contributed by atoms with E-state index in [-0.39, 0.29) is 18.9 Å². The maximum absolute atomic E-state index is 12.2. The molecule has 2 N–H and O–H groups in total. The van der Waals surface area contributed by atoms with E-state index in [4.69, 9.17) is 14.2 Å². The van der Waals surface area contributed by atoms with E-state index in [0.29, 0.717) is 5.56 Å². The number of aryl methyl sites for hydroxylation is 1. The van der Waals surface area contributed by atoms with Crippen molar-refractivity contribution in [3.05, 3.63) is 52.1 Å². The molecule has 1 aliphatic heterocycles. The molecule has 3 unspecified atom stereocenters. The second-order valence-electron chi connectivity index (χ2n) is 5.84. The van der Waals surface area contributed by atoms with Gasteiger partial charge in [-0.3, -0.25) is 4.57 Å². The van der Waals surface area contributed by atoms with E-state index in [1.54, 1.807) is 20.2 Å². The van der Waals surface area contributed by atoms with Gasteiger partial charge in [-0.1, -0.05) is 12.1 Å². The Bertz CT molecular complexity index is 779. The van der Waals surface area contributed by atoms with Crippen LogP contribution in [0, 0.1) is 6.92 Å². The maximum Gasteiger partial charge on any atom is 0.352 e. The van der Waals surface area contributed by atoms with Gasteiger partial charge in [0.25, 0.3) is 0 Å². The first-order valence-corrected chi connectivity index (χ1v) is 7.85. The highest BCUT2D eigenvalue weighted by atomic mass is 16.6. The molecule has 0 bridgehead atoms. The van der Waals surface area contributed by atoms with Gasteiger partial charge in [0.1, 0.15) is 24.7 Å². The average molecular weight is 348 g/mol. The van der Waals surface area contributed by atoms with Crippen LogP contribution in [0.3, 0.4) is 0 Å². The summed E-state index contributed by atoms with van der Waals surface area (Å²) in [4.78, 5) is 16.1. The fourth-order valence-corrected chi connectivity index (χ4v) is 2.59. The van der Waals surface area contributed by atoms with E-state index in [1.165, 1.54) is 4.57 Å². The van der Waals surface area contributed by atoms with Crippen LogP contribution in [0.1, 0.15) is 23.8 Å². The molecule has 25 heavy (non-hydrogen) atoms. The Kier molecular flexibility index (Phi) is 5.03. The van der Waals surface area contributed by atoms with E-state index in [2.05, 4.69) is 4.98 Å². The number of rotatable bonds is 5. The van der Waals surface area contributed by atoms with Gasteiger partial charge < -0.3 is 24.4 Å². The predicted molar refractivity (Wildman–Crippen MR) is 87.3 cm³/mol. The second kappa shape index (κ2) is 7.22. The number of aliphatic hydroxyl groups excluding tert-OH is 2. The highest BCUT2D eigenvalue weighted by molar-refractivity contribution is 5.27. The van der Waals surface area contributed by atoms with Crippen LogP contribution >= 0.6 is 0 Å². The lowest BCUT2D eigenvalue weighted by atomic mass is 10.2. The van der Waals surface area contributed by atoms with Crippen LogP contribution in [-0.2, 0) is 11.3 Å². The number of methoxy groups -OCH3 is 1. The minimum atomic E-state index is -1.30. The molecular weight excluding hydrogens is 328 g/mol. The van der Waals surface area contributed by atoms with E-state index < -0.39 is 24.3 Å². The number of benzene rings is 1. The Morgan fingerprint density at radius 1 is 1.32 bits per heavy atom. The monoisotopic (exact) mass is 348 g/mol. The molecule has 3 atom stereocenters. The fraction of sp³-hybridized carbons (Fsp3) is 0.412. The molecule has 1 saturated heterocycles. The predicted octanol–water partition coefficient (Wildman–Crippen LogP) is 0.738. The summed E-state index contributed by atoms with van der Waals surface area (Å²) < 4.78 is 17.1. The third-order valence-electron chi connectivity index (χ3n) is 4.00. The summed E-state index contributed by atoms with van der Waals surface area (Å²) in [5.41, 5.74) is 0.991. The number of nitrogens with zero attached hydrogens (tertiary/aromatic N) is 2. The van der Waals surface area contributed by atoms with Crippen LogP contribution in [0.4, 0.5) is 0 Å². The van der Waals surface area contributed by atoms with Gasteiger partial charge in [-0.05, 0) is 24.6 Å². The number of aliphatic hydroxyl groups is 2. The highest BCUT2D eigenvalue weighted by Crippen LogP contribution is 2.27. The second-order valence-corrected chi connectivity index (χ2v) is 5.84. The molecule has 0 spiro atoms. The van der Waals surface area contributed by atoms with Gasteiger partial charge in [0.2, 0.25) is 5.88 Å². The maximum atomic E-state index is 12.2. The van der Waals surface area contributed by atoms with Crippen LogP contribution in [0.2, 0.25) is 0 Å². The first-order valence-electron chi connectivity index (χ1n) is 7.85. The lowest BCUT2D eigenvalue weighted by Gasteiger charge is -2.15. The van der Waals surface area contributed by atoms with Crippen molar-refractivity contribution in [1.29, 1.82) is 0 Å². The summed E-state index contributed by atoms with van der Waals surface area (Å²) in [7, 11) is 1.60. The van der Waals surface area contributed by atoms with Crippen LogP contribution < -0.4 is 15.2 Å². The zero-order valence-electron chi connectivity index (χ0n) is 14.0. The van der Waals surface area contributed by atoms with Crippen molar-refractivity contribution in [1.82, 2.24) is 9.55 Å². The van der Waals surface area contributed by atoms with Gasteiger partial charge in [0.15, 0.2) is 6.29 Å². The third kappa shape index (κ3) is 3.81. The molecule has 0 radical (unpaired) electrons. The number of aromatic nitrogens is 2. The van der Waals surface area contributed by atoms with Gasteiger partial charge in [-0.2, -0.15) is 4.98 Å². The van der Waals surface area contributed by atoms with Crippen molar-refractivity contribution in [2.45, 2.75) is 38.6 Å². The Balaban J connectivity index is 1.72. The normalized spacial score (nSPS) is 22.8. The van der Waals surface area contributed by atoms with Gasteiger partial charge in [-0.25, -0.2) is 4.79 Å². The summed E-state index contributed by atoms with van der Waals surface area (Å²) in [6, 6.07) is 7.38. The summed E-state index contributed by atoms with van der Waals surface area (Å²) in [6.07, 6.45) is -1.41. The molecule has 1 aromatic carbocycles. The third-order valence-corrected chi connectivity index (χ3v) is 4.00. The van der Waals surface area contributed by atoms with Crippen molar-refractivity contribution in [3.63, 3.8) is 0 Å². The SMILES string of the molecule is COc1ccc(COc2nc(=O)n(C3CC(O)C(O)O3)cc2C)cc1. The molecule has 3 rings (SSSR count). The van der Waals surface area contributed by atoms with E-state index in [0.717, 1.165) is 11.3 Å². The minimum Gasteiger partial charge on any atom is -0.497 e. The van der Waals surface area contributed by atoms with Gasteiger partial charge in [-0.15, -0.1) is 0 Å². The summed E-state index contributed by atoms with van der Waals surface area (Å²) in [6.45, 7) is 2.02. The number of ether oxygens (including phenoxy) is 3. The van der Waals surface area contributed by atoms with Crippen LogP contribution in [0.25, 0.3) is 0 Å². The van der Waals surface area contributed by atoms with Crippen molar-refractivity contribution in [2.24, 2.45) is 0 Å². The molecule has 0 saturated carbocycles. The summed E-state index contributed by atoms with van der Waals surface area (Å²) in [5.74, 6) is 0.984. The molecule has 8 heteroatoms. The Morgan fingerprint density at radius 3 is 2.64 bits per heavy atom. The van der Waals surface area contributed by atoms with Gasteiger partial charge >= 0.3 is 5.69 Å². The zero-order valence-corrected chi connectivity index (χ0v) is 14.0. The Labute approximate surface area is 144 Å². The molecule has 2 aromatic rings. The van der Waals surface area contributed by atoms with E-state index in [1.807, 2.05) is 24.3 Å². The number of hydrogen-bond acceptors (Lipinski definition) is 7. The fourth-order valence-electron chi connectivity index (χ4n) is 2.59. The molecule has 134 valence electrons. The summed E-state index contributed by atoms with van der Waals surface area (Å²) in [5, 5.41) is 19.0. The molecule has 1 fully saturated rings.